The second kappa shape index (κ2) is 8.51. The van der Waals surface area contributed by atoms with E-state index in [1.807, 2.05) is 13.0 Å². The first-order valence-corrected chi connectivity index (χ1v) is 8.26. The summed E-state index contributed by atoms with van der Waals surface area (Å²) in [5.74, 6) is -0.333. The Morgan fingerprint density at radius 2 is 2.08 bits per heavy atom. The van der Waals surface area contributed by atoms with Crippen molar-refractivity contribution in [2.24, 2.45) is 5.92 Å². The van der Waals surface area contributed by atoms with Crippen LogP contribution in [0.25, 0.3) is 10.9 Å². The highest BCUT2D eigenvalue weighted by atomic mass is 16.5. The van der Waals surface area contributed by atoms with Crippen molar-refractivity contribution >= 4 is 41.8 Å². The fraction of sp³-hybridized carbons (Fsp3) is 0.389. The van der Waals surface area contributed by atoms with Crippen LogP contribution in [0.2, 0.25) is 0 Å². The third kappa shape index (κ3) is 4.95. The fourth-order valence-electron chi connectivity index (χ4n) is 2.43. The summed E-state index contributed by atoms with van der Waals surface area (Å²) in [6.45, 7) is 6.64. The lowest BCUT2D eigenvalue weighted by molar-refractivity contribution is -0.119. The van der Waals surface area contributed by atoms with E-state index in [-0.39, 0.29) is 18.4 Å². The average Bonchev–Trinajstić information content (AvgIpc) is 2.57. The molecule has 0 aliphatic rings. The first-order valence-electron chi connectivity index (χ1n) is 8.26. The van der Waals surface area contributed by atoms with Gasteiger partial charge in [0.15, 0.2) is 0 Å². The third-order valence-corrected chi connectivity index (χ3v) is 3.71. The molecular weight excluding hydrogens is 317 g/mol. The van der Waals surface area contributed by atoms with Gasteiger partial charge in [0.25, 0.3) is 0 Å². The van der Waals surface area contributed by atoms with Crippen LogP contribution in [0.1, 0.15) is 31.1 Å². The zero-order valence-electron chi connectivity index (χ0n) is 14.8. The van der Waals surface area contributed by atoms with Gasteiger partial charge < -0.3 is 15.4 Å². The zero-order chi connectivity index (χ0) is 18.4. The molecule has 0 fully saturated rings. The number of anilines is 1. The van der Waals surface area contributed by atoms with Gasteiger partial charge in [0.2, 0.25) is 5.91 Å². The van der Waals surface area contributed by atoms with Gasteiger partial charge in [-0.1, -0.05) is 24.5 Å². The number of nitrogens with zero attached hydrogens (tertiary/aromatic N) is 1. The van der Waals surface area contributed by atoms with Crippen molar-refractivity contribution < 1.29 is 14.3 Å². The predicted molar refractivity (Wildman–Crippen MR) is 99.4 cm³/mol. The third-order valence-electron chi connectivity index (χ3n) is 3.71. The van der Waals surface area contributed by atoms with E-state index in [2.05, 4.69) is 15.6 Å². The molecule has 1 aromatic heterocycles. The highest BCUT2D eigenvalue weighted by Gasteiger charge is 2.17. The van der Waals surface area contributed by atoms with E-state index in [0.717, 1.165) is 10.9 Å². The summed E-state index contributed by atoms with van der Waals surface area (Å²) in [4.78, 5) is 27.6. The van der Waals surface area contributed by atoms with E-state index in [4.69, 9.17) is 12.6 Å². The van der Waals surface area contributed by atoms with Crippen LogP contribution in [0.15, 0.2) is 24.4 Å². The number of hydrogen-bond acceptors (Lipinski definition) is 5. The van der Waals surface area contributed by atoms with Gasteiger partial charge in [-0.15, -0.1) is 0 Å². The predicted octanol–water partition coefficient (Wildman–Crippen LogP) is 1.39. The van der Waals surface area contributed by atoms with Gasteiger partial charge in [0, 0.05) is 31.6 Å². The molecule has 7 heteroatoms. The van der Waals surface area contributed by atoms with Crippen LogP contribution >= 0.6 is 0 Å². The van der Waals surface area contributed by atoms with Crippen molar-refractivity contribution in [2.75, 3.05) is 25.0 Å². The van der Waals surface area contributed by atoms with Crippen LogP contribution in [-0.4, -0.2) is 44.4 Å². The summed E-state index contributed by atoms with van der Waals surface area (Å²) < 4.78 is 5.13. The Bertz CT molecular complexity index is 779. The number of aromatic nitrogens is 1. The minimum absolute atomic E-state index is 0.0683. The second-order valence-corrected chi connectivity index (χ2v) is 5.97. The summed E-state index contributed by atoms with van der Waals surface area (Å²) in [7, 11) is 5.90. The van der Waals surface area contributed by atoms with Gasteiger partial charge in [0.1, 0.15) is 13.4 Å². The van der Waals surface area contributed by atoms with E-state index < -0.39 is 5.97 Å². The average molecular weight is 339 g/mol. The molecule has 0 spiro atoms. The molecule has 6 nitrogen and oxygen atoms in total. The van der Waals surface area contributed by atoms with Crippen molar-refractivity contribution in [2.45, 2.75) is 20.8 Å². The van der Waals surface area contributed by atoms with Crippen LogP contribution in [0.3, 0.4) is 0 Å². The Morgan fingerprint density at radius 3 is 2.76 bits per heavy atom. The first-order chi connectivity index (χ1) is 11.9. The highest BCUT2D eigenvalue weighted by Crippen LogP contribution is 2.26. The number of pyridine rings is 1. The molecule has 130 valence electrons. The van der Waals surface area contributed by atoms with E-state index in [9.17, 15) is 9.59 Å². The molecule has 1 atom stereocenters. The van der Waals surface area contributed by atoms with Crippen LogP contribution in [-0.2, 0) is 9.53 Å². The lowest BCUT2D eigenvalue weighted by Crippen LogP contribution is -2.29. The summed E-state index contributed by atoms with van der Waals surface area (Å²) in [6, 6.07) is 5.36. The molecular formula is C18H22BN3O3. The summed E-state index contributed by atoms with van der Waals surface area (Å²) in [6.07, 6.45) is 1.51. The molecule has 0 aliphatic heterocycles. The van der Waals surface area contributed by atoms with Crippen molar-refractivity contribution in [3.8, 4) is 0 Å². The van der Waals surface area contributed by atoms with Gasteiger partial charge in [0.05, 0.1) is 17.8 Å². The molecule has 1 heterocycles. The van der Waals surface area contributed by atoms with Crippen LogP contribution < -0.4 is 16.1 Å². The molecule has 2 rings (SSSR count). The number of benzene rings is 1. The number of fused-ring (bicyclic) bond motifs is 1. The number of nitrogens with one attached hydrogen (secondary N) is 2. The molecule has 1 aromatic carbocycles. The molecule has 1 amide bonds. The van der Waals surface area contributed by atoms with Crippen LogP contribution in [0.4, 0.5) is 5.69 Å². The van der Waals surface area contributed by atoms with Crippen molar-refractivity contribution in [1.82, 2.24) is 10.3 Å². The molecule has 25 heavy (non-hydrogen) atoms. The molecule has 0 saturated carbocycles. The van der Waals surface area contributed by atoms with Gasteiger partial charge >= 0.3 is 5.97 Å². The summed E-state index contributed by atoms with van der Waals surface area (Å²) in [5, 5.41) is 6.84. The van der Waals surface area contributed by atoms with Crippen LogP contribution in [0, 0.1) is 5.92 Å². The van der Waals surface area contributed by atoms with E-state index in [1.54, 1.807) is 19.1 Å². The summed E-state index contributed by atoms with van der Waals surface area (Å²) in [5.41, 5.74) is 2.33. The highest BCUT2D eigenvalue weighted by molar-refractivity contribution is 6.33. The van der Waals surface area contributed by atoms with E-state index in [0.29, 0.717) is 29.8 Å². The van der Waals surface area contributed by atoms with Gasteiger partial charge in [-0.05, 0) is 18.9 Å². The Hall–Kier alpha value is -2.57. The maximum absolute atomic E-state index is 12.3. The van der Waals surface area contributed by atoms with Gasteiger partial charge in [-0.2, -0.15) is 0 Å². The zero-order valence-corrected chi connectivity index (χ0v) is 14.8. The number of ether oxygens (including phenoxy) is 1. The molecule has 2 radical (unpaired) electrons. The number of amides is 1. The normalized spacial score (nSPS) is 11.8. The number of rotatable bonds is 7. The standard InChI is InChI=1S/C18H22BN3O3/c1-4-25-18(24)15-10-21-16-6-5-13(19)7-14(16)17(15)22-9-11(2)8-20-12(3)23/h5-7,10-11H,4,8-9H2,1-3H3,(H,20,23)(H,21,22). The molecule has 2 N–H and O–H groups in total. The Balaban J connectivity index is 2.32. The quantitative estimate of drug-likeness (QED) is 0.589. The van der Waals surface area contributed by atoms with Crippen molar-refractivity contribution in [1.29, 1.82) is 0 Å². The second-order valence-electron chi connectivity index (χ2n) is 5.97. The van der Waals surface area contributed by atoms with Crippen molar-refractivity contribution in [3.63, 3.8) is 0 Å². The minimum Gasteiger partial charge on any atom is -0.462 e. The molecule has 0 saturated heterocycles. The number of esters is 1. The van der Waals surface area contributed by atoms with Gasteiger partial charge in [-0.25, -0.2) is 4.79 Å². The topological polar surface area (TPSA) is 80.3 Å². The maximum Gasteiger partial charge on any atom is 0.341 e. The first kappa shape index (κ1) is 18.8. The maximum atomic E-state index is 12.3. The number of hydrogen-bond donors (Lipinski definition) is 2. The largest absolute Gasteiger partial charge is 0.462 e. The minimum atomic E-state index is -0.434. The van der Waals surface area contributed by atoms with Crippen LogP contribution in [0.5, 0.6) is 0 Å². The number of carbonyl (C=O) groups excluding carboxylic acids is 2. The monoisotopic (exact) mass is 339 g/mol. The lowest BCUT2D eigenvalue weighted by Gasteiger charge is -2.18. The molecule has 2 aromatic rings. The van der Waals surface area contributed by atoms with Crippen molar-refractivity contribution in [3.05, 3.63) is 30.0 Å². The molecule has 0 aliphatic carbocycles. The Morgan fingerprint density at radius 1 is 1.32 bits per heavy atom. The fourth-order valence-corrected chi connectivity index (χ4v) is 2.43. The Labute approximate surface area is 148 Å². The Kier molecular flexibility index (Phi) is 6.39. The smallest absolute Gasteiger partial charge is 0.341 e. The lowest BCUT2D eigenvalue weighted by atomic mass is 9.93. The number of carbonyl (C=O) groups is 2. The van der Waals surface area contributed by atoms with E-state index in [1.165, 1.54) is 13.1 Å². The van der Waals surface area contributed by atoms with E-state index >= 15 is 0 Å². The summed E-state index contributed by atoms with van der Waals surface area (Å²) >= 11 is 0. The SMILES string of the molecule is [B]c1ccc2ncc(C(=O)OCC)c(NCC(C)CNC(C)=O)c2c1. The van der Waals surface area contributed by atoms with Gasteiger partial charge in [-0.3, -0.25) is 9.78 Å². The molecule has 1 unspecified atom stereocenters. The molecule has 0 bridgehead atoms.